The molecule has 0 spiro atoms. The Kier molecular flexibility index (Phi) is 6.53. The van der Waals surface area contributed by atoms with Gasteiger partial charge in [-0.05, 0) is 55.3 Å². The Morgan fingerprint density at radius 1 is 1.15 bits per heavy atom. The topological polar surface area (TPSA) is 50.8 Å². The van der Waals surface area contributed by atoms with Crippen LogP contribution in [0.3, 0.4) is 0 Å². The molecule has 7 heteroatoms. The van der Waals surface area contributed by atoms with Gasteiger partial charge in [0.15, 0.2) is 18.1 Å². The van der Waals surface area contributed by atoms with Crippen molar-refractivity contribution in [3.63, 3.8) is 0 Å². The lowest BCUT2D eigenvalue weighted by atomic mass is 10.2. The summed E-state index contributed by atoms with van der Waals surface area (Å²) in [6, 6.07) is 12.4. The number of nitrogens with zero attached hydrogens (tertiary/aromatic N) is 1. The average Bonchev–Trinajstić information content (AvgIpc) is 3.22. The van der Waals surface area contributed by atoms with Crippen LogP contribution in [0.4, 0.5) is 5.69 Å². The predicted molar refractivity (Wildman–Crippen MR) is 111 cm³/mol. The zero-order chi connectivity index (χ0) is 19.2. The Balaban J connectivity index is 1.61. The van der Waals surface area contributed by atoms with E-state index in [-0.39, 0.29) is 12.5 Å². The Labute approximate surface area is 169 Å². The lowest BCUT2D eigenvalue weighted by molar-refractivity contribution is -0.118. The molecule has 0 unspecified atom stereocenters. The fourth-order valence-electron chi connectivity index (χ4n) is 2.90. The maximum Gasteiger partial charge on any atom is 0.262 e. The summed E-state index contributed by atoms with van der Waals surface area (Å²) in [5, 5.41) is 3.36. The number of rotatable bonds is 6. The van der Waals surface area contributed by atoms with E-state index in [2.05, 4.69) is 10.2 Å². The molecule has 142 valence electrons. The number of hydrogen-bond acceptors (Lipinski definition) is 4. The highest BCUT2D eigenvalue weighted by Gasteiger charge is 2.18. The minimum atomic E-state index is -0.268. The van der Waals surface area contributed by atoms with Crippen LogP contribution in [-0.2, 0) is 4.79 Å². The van der Waals surface area contributed by atoms with Crippen molar-refractivity contribution in [1.82, 2.24) is 4.90 Å². The van der Waals surface area contributed by atoms with Crippen LogP contribution < -0.4 is 14.8 Å². The molecule has 0 aliphatic carbocycles. The van der Waals surface area contributed by atoms with E-state index in [0.717, 1.165) is 23.6 Å². The first kappa shape index (κ1) is 19.5. The fraction of sp³-hybridized carbons (Fsp3) is 0.300. The number of ether oxygens (including phenoxy) is 2. The highest BCUT2D eigenvalue weighted by molar-refractivity contribution is 7.80. The molecule has 1 aliphatic rings. The SMILES string of the molecule is COc1cc(C(=S)N2CCCC2)ccc1OCC(=O)Nc1ccc(Cl)cc1. The molecule has 0 saturated carbocycles. The number of thiocarbonyl (C=S) groups is 1. The number of carbonyl (C=O) groups is 1. The molecule has 0 radical (unpaired) electrons. The van der Waals surface area contributed by atoms with Crippen LogP contribution in [0.5, 0.6) is 11.5 Å². The lowest BCUT2D eigenvalue weighted by Crippen LogP contribution is -2.26. The number of benzene rings is 2. The summed E-state index contributed by atoms with van der Waals surface area (Å²) in [5.41, 5.74) is 1.58. The van der Waals surface area contributed by atoms with Gasteiger partial charge in [0.2, 0.25) is 0 Å². The fourth-order valence-corrected chi connectivity index (χ4v) is 3.33. The van der Waals surface area contributed by atoms with Crippen molar-refractivity contribution in [2.24, 2.45) is 0 Å². The Morgan fingerprint density at radius 2 is 1.85 bits per heavy atom. The lowest BCUT2D eigenvalue weighted by Gasteiger charge is -2.19. The third kappa shape index (κ3) is 5.11. The van der Waals surface area contributed by atoms with Crippen LogP contribution in [0.2, 0.25) is 5.02 Å². The van der Waals surface area contributed by atoms with E-state index >= 15 is 0 Å². The van der Waals surface area contributed by atoms with Gasteiger partial charge in [0.1, 0.15) is 4.99 Å². The second kappa shape index (κ2) is 9.06. The van der Waals surface area contributed by atoms with Gasteiger partial charge in [-0.2, -0.15) is 0 Å². The van der Waals surface area contributed by atoms with Crippen molar-refractivity contribution in [2.45, 2.75) is 12.8 Å². The van der Waals surface area contributed by atoms with Crippen LogP contribution in [-0.4, -0.2) is 42.6 Å². The molecule has 27 heavy (non-hydrogen) atoms. The molecule has 2 aromatic rings. The van der Waals surface area contributed by atoms with Gasteiger partial charge in [0.25, 0.3) is 5.91 Å². The van der Waals surface area contributed by atoms with Gasteiger partial charge in [0, 0.05) is 29.4 Å². The number of likely N-dealkylation sites (tertiary alicyclic amines) is 1. The number of anilines is 1. The maximum atomic E-state index is 12.1. The maximum absolute atomic E-state index is 12.1. The Hall–Kier alpha value is -2.31. The summed E-state index contributed by atoms with van der Waals surface area (Å²) in [6.45, 7) is 1.85. The number of carbonyl (C=O) groups excluding carboxylic acids is 1. The summed E-state index contributed by atoms with van der Waals surface area (Å²) in [6.07, 6.45) is 2.34. The highest BCUT2D eigenvalue weighted by Crippen LogP contribution is 2.29. The minimum Gasteiger partial charge on any atom is -0.493 e. The Morgan fingerprint density at radius 3 is 2.52 bits per heavy atom. The molecule has 5 nitrogen and oxygen atoms in total. The van der Waals surface area contributed by atoms with Gasteiger partial charge < -0.3 is 19.7 Å². The van der Waals surface area contributed by atoms with Crippen LogP contribution in [0, 0.1) is 0 Å². The molecular weight excluding hydrogens is 384 g/mol. The largest absolute Gasteiger partial charge is 0.493 e. The van der Waals surface area contributed by atoms with E-state index < -0.39 is 0 Å². The first-order valence-electron chi connectivity index (χ1n) is 8.72. The molecule has 0 aromatic heterocycles. The molecule has 1 N–H and O–H groups in total. The van der Waals surface area contributed by atoms with E-state index in [1.54, 1.807) is 37.4 Å². The highest BCUT2D eigenvalue weighted by atomic mass is 35.5. The van der Waals surface area contributed by atoms with E-state index in [9.17, 15) is 4.79 Å². The zero-order valence-corrected chi connectivity index (χ0v) is 16.6. The van der Waals surface area contributed by atoms with Crippen LogP contribution >= 0.6 is 23.8 Å². The standard InChI is InChI=1S/C20H21ClN2O3S/c1-25-18-12-14(20(27)23-10-2-3-11-23)4-9-17(18)26-13-19(24)22-16-7-5-15(21)6-8-16/h4-9,12H,2-3,10-11,13H2,1H3,(H,22,24). The third-order valence-corrected chi connectivity index (χ3v) is 5.04. The van der Waals surface area contributed by atoms with E-state index in [1.807, 2.05) is 12.1 Å². The minimum absolute atomic E-state index is 0.130. The normalized spacial score (nSPS) is 13.3. The van der Waals surface area contributed by atoms with Crippen molar-refractivity contribution < 1.29 is 14.3 Å². The molecule has 1 aliphatic heterocycles. The van der Waals surface area contributed by atoms with Gasteiger partial charge in [-0.1, -0.05) is 23.8 Å². The number of methoxy groups -OCH3 is 1. The molecule has 1 heterocycles. The first-order valence-corrected chi connectivity index (χ1v) is 9.51. The average molecular weight is 405 g/mol. The molecule has 1 fully saturated rings. The van der Waals surface area contributed by atoms with Gasteiger partial charge in [-0.15, -0.1) is 0 Å². The molecular formula is C20H21ClN2O3S. The Bertz CT molecular complexity index is 820. The van der Waals surface area contributed by atoms with Crippen molar-refractivity contribution in [1.29, 1.82) is 0 Å². The monoisotopic (exact) mass is 404 g/mol. The van der Waals surface area contributed by atoms with E-state index in [4.69, 9.17) is 33.3 Å². The molecule has 2 aromatic carbocycles. The van der Waals surface area contributed by atoms with Crippen LogP contribution in [0.1, 0.15) is 18.4 Å². The predicted octanol–water partition coefficient (Wildman–Crippen LogP) is 4.14. The summed E-state index contributed by atoms with van der Waals surface area (Å²) in [5.74, 6) is 0.779. The number of nitrogens with one attached hydrogen (secondary N) is 1. The van der Waals surface area contributed by atoms with Crippen molar-refractivity contribution in [2.75, 3.05) is 32.1 Å². The molecule has 1 saturated heterocycles. The van der Waals surface area contributed by atoms with Crippen molar-refractivity contribution in [3.05, 3.63) is 53.1 Å². The van der Waals surface area contributed by atoms with Gasteiger partial charge >= 0.3 is 0 Å². The second-order valence-electron chi connectivity index (χ2n) is 6.21. The zero-order valence-electron chi connectivity index (χ0n) is 15.0. The summed E-state index contributed by atoms with van der Waals surface area (Å²) in [4.78, 5) is 15.1. The van der Waals surface area contributed by atoms with Crippen molar-refractivity contribution >= 4 is 40.4 Å². The molecule has 3 rings (SSSR count). The van der Waals surface area contributed by atoms with Crippen molar-refractivity contribution in [3.8, 4) is 11.5 Å². The number of amides is 1. The van der Waals surface area contributed by atoms with Gasteiger partial charge in [-0.25, -0.2) is 0 Å². The van der Waals surface area contributed by atoms with Gasteiger partial charge in [-0.3, -0.25) is 4.79 Å². The van der Waals surface area contributed by atoms with E-state index in [0.29, 0.717) is 22.2 Å². The number of halogens is 1. The van der Waals surface area contributed by atoms with E-state index in [1.165, 1.54) is 12.8 Å². The number of hydrogen-bond donors (Lipinski definition) is 1. The second-order valence-corrected chi connectivity index (χ2v) is 7.03. The van der Waals surface area contributed by atoms with Gasteiger partial charge in [0.05, 0.1) is 7.11 Å². The van der Waals surface area contributed by atoms with Crippen LogP contribution in [0.15, 0.2) is 42.5 Å². The summed E-state index contributed by atoms with van der Waals surface area (Å²) >= 11 is 11.4. The smallest absolute Gasteiger partial charge is 0.262 e. The first-order chi connectivity index (χ1) is 13.1. The quantitative estimate of drug-likeness (QED) is 0.733. The molecule has 1 amide bonds. The van der Waals surface area contributed by atoms with Crippen LogP contribution in [0.25, 0.3) is 0 Å². The summed E-state index contributed by atoms with van der Waals surface area (Å²) in [7, 11) is 1.57. The third-order valence-electron chi connectivity index (χ3n) is 4.29. The molecule has 0 bridgehead atoms. The summed E-state index contributed by atoms with van der Waals surface area (Å²) < 4.78 is 11.0. The molecule has 0 atom stereocenters.